The summed E-state index contributed by atoms with van der Waals surface area (Å²) in [5, 5.41) is 0. The number of rotatable bonds is 2. The molecule has 0 fully saturated rings. The van der Waals surface area contributed by atoms with Crippen molar-refractivity contribution in [2.45, 2.75) is 24.8 Å². The standard InChI is InChI=1S/C14H14ClNS/c15-13-6-5-12(17-13)9-14(16)7-10-3-1-2-4-11(10)8-14/h1-6H,7-9,16H2. The van der Waals surface area contributed by atoms with E-state index < -0.39 is 0 Å². The maximum absolute atomic E-state index is 6.51. The van der Waals surface area contributed by atoms with E-state index in [9.17, 15) is 0 Å². The number of hydrogen-bond acceptors (Lipinski definition) is 2. The highest BCUT2D eigenvalue weighted by molar-refractivity contribution is 7.16. The minimum atomic E-state index is -0.127. The number of halogens is 1. The maximum Gasteiger partial charge on any atom is 0.0931 e. The van der Waals surface area contributed by atoms with Crippen LogP contribution >= 0.6 is 22.9 Å². The normalized spacial score (nSPS) is 17.1. The largest absolute Gasteiger partial charge is 0.324 e. The number of nitrogens with two attached hydrogens (primary N) is 1. The van der Waals surface area contributed by atoms with Gasteiger partial charge < -0.3 is 5.73 Å². The molecule has 0 amide bonds. The second kappa shape index (κ2) is 4.13. The number of hydrogen-bond donors (Lipinski definition) is 1. The van der Waals surface area contributed by atoms with E-state index in [0.29, 0.717) is 0 Å². The summed E-state index contributed by atoms with van der Waals surface area (Å²) in [4.78, 5) is 1.28. The molecule has 0 atom stereocenters. The minimum Gasteiger partial charge on any atom is -0.324 e. The van der Waals surface area contributed by atoms with Crippen LogP contribution in [0.5, 0.6) is 0 Å². The van der Waals surface area contributed by atoms with Crippen molar-refractivity contribution >= 4 is 22.9 Å². The first-order valence-electron chi connectivity index (χ1n) is 5.75. The van der Waals surface area contributed by atoms with Crippen LogP contribution in [-0.2, 0) is 19.3 Å². The molecule has 1 heterocycles. The smallest absolute Gasteiger partial charge is 0.0931 e. The predicted molar refractivity (Wildman–Crippen MR) is 73.8 cm³/mol. The molecule has 0 spiro atoms. The van der Waals surface area contributed by atoms with E-state index in [2.05, 4.69) is 30.3 Å². The molecule has 0 unspecified atom stereocenters. The Balaban J connectivity index is 1.82. The first-order chi connectivity index (χ1) is 8.15. The summed E-state index contributed by atoms with van der Waals surface area (Å²) < 4.78 is 0.846. The summed E-state index contributed by atoms with van der Waals surface area (Å²) in [7, 11) is 0. The lowest BCUT2D eigenvalue weighted by Gasteiger charge is -2.22. The van der Waals surface area contributed by atoms with Gasteiger partial charge in [-0.3, -0.25) is 0 Å². The summed E-state index contributed by atoms with van der Waals surface area (Å²) in [5.41, 5.74) is 9.19. The third kappa shape index (κ3) is 2.25. The minimum absolute atomic E-state index is 0.127. The van der Waals surface area contributed by atoms with Gasteiger partial charge in [0.25, 0.3) is 0 Å². The Kier molecular flexibility index (Phi) is 2.74. The third-order valence-corrected chi connectivity index (χ3v) is 4.59. The molecule has 17 heavy (non-hydrogen) atoms. The molecule has 2 aromatic rings. The zero-order valence-electron chi connectivity index (χ0n) is 9.45. The highest BCUT2D eigenvalue weighted by Crippen LogP contribution is 2.33. The summed E-state index contributed by atoms with van der Waals surface area (Å²) in [6.07, 6.45) is 2.86. The van der Waals surface area contributed by atoms with Crippen molar-refractivity contribution in [3.8, 4) is 0 Å². The Morgan fingerprint density at radius 3 is 2.29 bits per heavy atom. The second-order valence-electron chi connectivity index (χ2n) is 4.87. The van der Waals surface area contributed by atoms with Crippen molar-refractivity contribution < 1.29 is 0 Å². The number of benzene rings is 1. The van der Waals surface area contributed by atoms with Gasteiger partial charge in [-0.15, -0.1) is 11.3 Å². The second-order valence-corrected chi connectivity index (χ2v) is 6.67. The monoisotopic (exact) mass is 263 g/mol. The molecule has 1 aliphatic carbocycles. The SMILES string of the molecule is NC1(Cc2ccc(Cl)s2)Cc2ccccc2C1. The molecule has 0 radical (unpaired) electrons. The fraction of sp³-hybridized carbons (Fsp3) is 0.286. The fourth-order valence-corrected chi connectivity index (χ4v) is 3.88. The zero-order valence-corrected chi connectivity index (χ0v) is 11.0. The summed E-state index contributed by atoms with van der Waals surface area (Å²) in [5.74, 6) is 0. The van der Waals surface area contributed by atoms with E-state index in [-0.39, 0.29) is 5.54 Å². The van der Waals surface area contributed by atoms with Gasteiger partial charge in [-0.05, 0) is 36.1 Å². The van der Waals surface area contributed by atoms with E-state index in [1.54, 1.807) is 11.3 Å². The topological polar surface area (TPSA) is 26.0 Å². The van der Waals surface area contributed by atoms with Crippen LogP contribution in [-0.4, -0.2) is 5.54 Å². The van der Waals surface area contributed by atoms with Crippen LogP contribution < -0.4 is 5.73 Å². The lowest BCUT2D eigenvalue weighted by molar-refractivity contribution is 0.449. The third-order valence-electron chi connectivity index (χ3n) is 3.36. The average Bonchev–Trinajstić information content (AvgIpc) is 2.81. The van der Waals surface area contributed by atoms with E-state index >= 15 is 0 Å². The van der Waals surface area contributed by atoms with Gasteiger partial charge in [0.05, 0.1) is 4.34 Å². The molecule has 1 aromatic heterocycles. The predicted octanol–water partition coefficient (Wildman–Crippen LogP) is 3.44. The summed E-state index contributed by atoms with van der Waals surface area (Å²) in [6.45, 7) is 0. The molecule has 0 aliphatic heterocycles. The number of fused-ring (bicyclic) bond motifs is 1. The van der Waals surface area contributed by atoms with Crippen LogP contribution in [0.3, 0.4) is 0 Å². The van der Waals surface area contributed by atoms with E-state index in [1.807, 2.05) is 6.07 Å². The molecule has 1 aliphatic rings. The van der Waals surface area contributed by atoms with Crippen LogP contribution in [0.15, 0.2) is 36.4 Å². The van der Waals surface area contributed by atoms with Gasteiger partial charge in [0.1, 0.15) is 0 Å². The van der Waals surface area contributed by atoms with E-state index in [0.717, 1.165) is 23.6 Å². The molecule has 2 N–H and O–H groups in total. The summed E-state index contributed by atoms with van der Waals surface area (Å²) in [6, 6.07) is 12.6. The van der Waals surface area contributed by atoms with Gasteiger partial charge in [-0.1, -0.05) is 35.9 Å². The Labute approximate surface area is 110 Å². The molecular formula is C14H14ClNS. The first kappa shape index (κ1) is 11.3. The molecule has 0 saturated heterocycles. The molecule has 1 aromatic carbocycles. The zero-order chi connectivity index (χ0) is 11.9. The Hall–Kier alpha value is -0.830. The van der Waals surface area contributed by atoms with Gasteiger partial charge >= 0.3 is 0 Å². The van der Waals surface area contributed by atoms with Gasteiger partial charge in [-0.25, -0.2) is 0 Å². The Morgan fingerprint density at radius 2 is 1.76 bits per heavy atom. The lowest BCUT2D eigenvalue weighted by atomic mass is 9.92. The van der Waals surface area contributed by atoms with Crippen LogP contribution in [0.4, 0.5) is 0 Å². The van der Waals surface area contributed by atoms with E-state index in [1.165, 1.54) is 16.0 Å². The maximum atomic E-state index is 6.51. The van der Waals surface area contributed by atoms with E-state index in [4.69, 9.17) is 17.3 Å². The summed E-state index contributed by atoms with van der Waals surface area (Å²) >= 11 is 7.60. The van der Waals surface area contributed by atoms with Crippen LogP contribution in [0, 0.1) is 0 Å². The highest BCUT2D eigenvalue weighted by atomic mass is 35.5. The molecule has 0 saturated carbocycles. The fourth-order valence-electron chi connectivity index (χ4n) is 2.64. The van der Waals surface area contributed by atoms with Crippen LogP contribution in [0.1, 0.15) is 16.0 Å². The Morgan fingerprint density at radius 1 is 1.12 bits per heavy atom. The molecule has 3 rings (SSSR count). The van der Waals surface area contributed by atoms with Crippen LogP contribution in [0.2, 0.25) is 4.34 Å². The van der Waals surface area contributed by atoms with Crippen molar-refractivity contribution in [2.24, 2.45) is 5.73 Å². The number of thiophene rings is 1. The van der Waals surface area contributed by atoms with Gasteiger partial charge in [0.2, 0.25) is 0 Å². The van der Waals surface area contributed by atoms with Crippen molar-refractivity contribution in [1.29, 1.82) is 0 Å². The molecule has 3 heteroatoms. The van der Waals surface area contributed by atoms with Crippen molar-refractivity contribution in [3.63, 3.8) is 0 Å². The highest BCUT2D eigenvalue weighted by Gasteiger charge is 2.33. The molecule has 1 nitrogen and oxygen atoms in total. The van der Waals surface area contributed by atoms with Gasteiger partial charge in [-0.2, -0.15) is 0 Å². The van der Waals surface area contributed by atoms with Crippen molar-refractivity contribution in [2.75, 3.05) is 0 Å². The van der Waals surface area contributed by atoms with Crippen LogP contribution in [0.25, 0.3) is 0 Å². The van der Waals surface area contributed by atoms with Gasteiger partial charge in [0, 0.05) is 16.8 Å². The Bertz CT molecular complexity index is 522. The molecule has 0 bridgehead atoms. The molecule has 88 valence electrons. The van der Waals surface area contributed by atoms with Gasteiger partial charge in [0.15, 0.2) is 0 Å². The van der Waals surface area contributed by atoms with Crippen molar-refractivity contribution in [1.82, 2.24) is 0 Å². The average molecular weight is 264 g/mol. The van der Waals surface area contributed by atoms with Crippen molar-refractivity contribution in [3.05, 3.63) is 56.7 Å². The lowest BCUT2D eigenvalue weighted by Crippen LogP contribution is -2.42. The molecular weight excluding hydrogens is 250 g/mol. The quantitative estimate of drug-likeness (QED) is 0.883. The first-order valence-corrected chi connectivity index (χ1v) is 6.94.